The zero-order valence-electron chi connectivity index (χ0n) is 5.87. The van der Waals surface area contributed by atoms with Crippen molar-refractivity contribution in [1.29, 1.82) is 0 Å². The van der Waals surface area contributed by atoms with E-state index in [1.54, 1.807) is 0 Å². The van der Waals surface area contributed by atoms with Gasteiger partial charge >= 0.3 is 0 Å². The summed E-state index contributed by atoms with van der Waals surface area (Å²) in [6.45, 7) is 0. The molecule has 0 unspecified atom stereocenters. The smallest absolute Gasteiger partial charge is 0.261 e. The molecule has 0 aliphatic rings. The first-order valence-corrected chi connectivity index (χ1v) is 2.82. The molecule has 0 fully saturated rings. The molecule has 0 bridgehead atoms. The molecule has 1 rings (SSSR count). The number of pyridine rings is 1. The molecule has 0 spiro atoms. The van der Waals surface area contributed by atoms with Crippen molar-refractivity contribution in [3.05, 3.63) is 23.5 Å². The standard InChI is InChI=1S/C6H3F4NO/c1-12-4-2(7)3(8)5(9)11-6(4)10/h1H3. The Morgan fingerprint density at radius 3 is 2.08 bits per heavy atom. The number of nitrogens with zero attached hydrogens (tertiary/aromatic N) is 1. The minimum Gasteiger partial charge on any atom is -0.490 e. The highest BCUT2D eigenvalue weighted by molar-refractivity contribution is 5.22. The first-order chi connectivity index (χ1) is 5.57. The minimum atomic E-state index is -1.85. The Kier molecular flexibility index (Phi) is 2.16. The molecule has 1 aromatic heterocycles. The van der Waals surface area contributed by atoms with Crippen molar-refractivity contribution < 1.29 is 22.3 Å². The van der Waals surface area contributed by atoms with E-state index in [1.165, 1.54) is 0 Å². The Bertz CT molecular complexity index is 315. The van der Waals surface area contributed by atoms with Gasteiger partial charge in [0, 0.05) is 0 Å². The molecule has 1 aromatic rings. The van der Waals surface area contributed by atoms with Gasteiger partial charge in [0.25, 0.3) is 11.9 Å². The van der Waals surface area contributed by atoms with Crippen molar-refractivity contribution >= 4 is 0 Å². The lowest BCUT2D eigenvalue weighted by Crippen LogP contribution is -2.03. The van der Waals surface area contributed by atoms with Crippen LogP contribution in [0.3, 0.4) is 0 Å². The van der Waals surface area contributed by atoms with Crippen molar-refractivity contribution in [2.45, 2.75) is 0 Å². The molecule has 66 valence electrons. The lowest BCUT2D eigenvalue weighted by atomic mass is 10.4. The van der Waals surface area contributed by atoms with Crippen LogP contribution in [-0.2, 0) is 0 Å². The number of hydrogen-bond acceptors (Lipinski definition) is 2. The number of rotatable bonds is 1. The largest absolute Gasteiger partial charge is 0.490 e. The van der Waals surface area contributed by atoms with Gasteiger partial charge in [0.2, 0.25) is 17.4 Å². The highest BCUT2D eigenvalue weighted by atomic mass is 19.2. The summed E-state index contributed by atoms with van der Waals surface area (Å²) in [5.41, 5.74) is 0. The van der Waals surface area contributed by atoms with Crippen molar-refractivity contribution in [3.63, 3.8) is 0 Å². The molecular formula is C6H3F4NO. The minimum absolute atomic E-state index is 0.917. The second-order valence-corrected chi connectivity index (χ2v) is 1.85. The van der Waals surface area contributed by atoms with Crippen molar-refractivity contribution in [2.75, 3.05) is 7.11 Å². The zero-order valence-corrected chi connectivity index (χ0v) is 5.87. The van der Waals surface area contributed by atoms with Crippen LogP contribution in [0.15, 0.2) is 0 Å². The highest BCUT2D eigenvalue weighted by Crippen LogP contribution is 2.22. The third kappa shape index (κ3) is 1.19. The van der Waals surface area contributed by atoms with Crippen molar-refractivity contribution in [1.82, 2.24) is 4.98 Å². The van der Waals surface area contributed by atoms with Gasteiger partial charge in [-0.3, -0.25) is 0 Å². The summed E-state index contributed by atoms with van der Waals surface area (Å²) in [6.07, 6.45) is 0. The molecule has 0 aliphatic heterocycles. The summed E-state index contributed by atoms with van der Waals surface area (Å²) < 4.78 is 53.4. The van der Waals surface area contributed by atoms with Gasteiger partial charge in [-0.2, -0.15) is 22.5 Å². The quantitative estimate of drug-likeness (QED) is 0.485. The van der Waals surface area contributed by atoms with Crippen LogP contribution in [0.4, 0.5) is 17.6 Å². The third-order valence-corrected chi connectivity index (χ3v) is 1.16. The average Bonchev–Trinajstić information content (AvgIpc) is 2.01. The maximum absolute atomic E-state index is 12.5. The van der Waals surface area contributed by atoms with Crippen LogP contribution >= 0.6 is 0 Å². The van der Waals surface area contributed by atoms with E-state index in [0.29, 0.717) is 0 Å². The summed E-state index contributed by atoms with van der Waals surface area (Å²) in [5.74, 6) is -7.95. The molecule has 0 radical (unpaired) electrons. The van der Waals surface area contributed by atoms with E-state index in [4.69, 9.17) is 0 Å². The molecule has 0 amide bonds. The SMILES string of the molecule is COc1c(F)nc(F)c(F)c1F. The maximum atomic E-state index is 12.5. The predicted octanol–water partition coefficient (Wildman–Crippen LogP) is 1.65. The van der Waals surface area contributed by atoms with Crippen LogP contribution in [-0.4, -0.2) is 12.1 Å². The molecule has 2 nitrogen and oxygen atoms in total. The van der Waals surface area contributed by atoms with E-state index in [9.17, 15) is 17.6 Å². The van der Waals surface area contributed by atoms with E-state index in [1.807, 2.05) is 0 Å². The Hall–Kier alpha value is -1.33. The third-order valence-electron chi connectivity index (χ3n) is 1.16. The van der Waals surface area contributed by atoms with Crippen LogP contribution in [0, 0.1) is 23.5 Å². The van der Waals surface area contributed by atoms with Crippen LogP contribution in [0.5, 0.6) is 5.75 Å². The fourth-order valence-electron chi connectivity index (χ4n) is 0.641. The van der Waals surface area contributed by atoms with Gasteiger partial charge in [0.05, 0.1) is 7.11 Å². The summed E-state index contributed by atoms with van der Waals surface area (Å²) in [5, 5.41) is 0. The molecule has 0 atom stereocenters. The fourth-order valence-corrected chi connectivity index (χ4v) is 0.641. The Balaban J connectivity index is 3.40. The Morgan fingerprint density at radius 2 is 1.58 bits per heavy atom. The number of ether oxygens (including phenoxy) is 1. The lowest BCUT2D eigenvalue weighted by molar-refractivity contribution is 0.317. The van der Waals surface area contributed by atoms with Crippen LogP contribution in [0.25, 0.3) is 0 Å². The van der Waals surface area contributed by atoms with Crippen LogP contribution < -0.4 is 4.74 Å². The Labute approximate surface area is 64.8 Å². The molecule has 12 heavy (non-hydrogen) atoms. The molecule has 0 aromatic carbocycles. The van der Waals surface area contributed by atoms with Crippen LogP contribution in [0.2, 0.25) is 0 Å². The molecular weight excluding hydrogens is 178 g/mol. The summed E-state index contributed by atoms with van der Waals surface area (Å²) in [4.78, 5) is 2.43. The number of methoxy groups -OCH3 is 1. The van der Waals surface area contributed by atoms with E-state index in [2.05, 4.69) is 9.72 Å². The average molecular weight is 181 g/mol. The number of aromatic nitrogens is 1. The first kappa shape index (κ1) is 8.76. The van der Waals surface area contributed by atoms with E-state index in [0.717, 1.165) is 7.11 Å². The highest BCUT2D eigenvalue weighted by Gasteiger charge is 2.20. The van der Waals surface area contributed by atoms with Gasteiger partial charge in [-0.15, -0.1) is 0 Å². The zero-order chi connectivity index (χ0) is 9.30. The summed E-state index contributed by atoms with van der Waals surface area (Å²) in [7, 11) is 0.917. The molecule has 0 aliphatic carbocycles. The molecule has 6 heteroatoms. The van der Waals surface area contributed by atoms with Gasteiger partial charge in [0.15, 0.2) is 0 Å². The summed E-state index contributed by atoms with van der Waals surface area (Å²) >= 11 is 0. The van der Waals surface area contributed by atoms with Gasteiger partial charge < -0.3 is 4.74 Å². The number of halogens is 4. The van der Waals surface area contributed by atoms with Crippen molar-refractivity contribution in [2.24, 2.45) is 0 Å². The van der Waals surface area contributed by atoms with E-state index < -0.39 is 29.3 Å². The molecule has 0 saturated heterocycles. The van der Waals surface area contributed by atoms with Crippen LogP contribution in [0.1, 0.15) is 0 Å². The van der Waals surface area contributed by atoms with E-state index in [-0.39, 0.29) is 0 Å². The monoisotopic (exact) mass is 181 g/mol. The van der Waals surface area contributed by atoms with E-state index >= 15 is 0 Å². The fraction of sp³-hybridized carbons (Fsp3) is 0.167. The maximum Gasteiger partial charge on any atom is 0.261 e. The summed E-state index contributed by atoms with van der Waals surface area (Å²) in [6, 6.07) is 0. The molecule has 0 saturated carbocycles. The van der Waals surface area contributed by atoms with Gasteiger partial charge in [0.1, 0.15) is 0 Å². The Morgan fingerprint density at radius 1 is 1.00 bits per heavy atom. The van der Waals surface area contributed by atoms with Gasteiger partial charge in [-0.05, 0) is 0 Å². The molecule has 0 N–H and O–H groups in total. The first-order valence-electron chi connectivity index (χ1n) is 2.82. The second kappa shape index (κ2) is 2.96. The lowest BCUT2D eigenvalue weighted by Gasteiger charge is -2.02. The topological polar surface area (TPSA) is 22.1 Å². The number of hydrogen-bond donors (Lipinski definition) is 0. The van der Waals surface area contributed by atoms with Gasteiger partial charge in [-0.1, -0.05) is 0 Å². The normalized spacial score (nSPS) is 10.1. The van der Waals surface area contributed by atoms with Gasteiger partial charge in [-0.25, -0.2) is 0 Å². The van der Waals surface area contributed by atoms with Crippen molar-refractivity contribution in [3.8, 4) is 5.75 Å². The molecule has 1 heterocycles. The second-order valence-electron chi connectivity index (χ2n) is 1.85. The predicted molar refractivity (Wildman–Crippen MR) is 30.6 cm³/mol.